The molecule has 0 unspecified atom stereocenters. The van der Waals surface area contributed by atoms with Gasteiger partial charge in [0.05, 0.1) is 28.4 Å². The van der Waals surface area contributed by atoms with Crippen molar-refractivity contribution in [3.63, 3.8) is 0 Å². The van der Waals surface area contributed by atoms with E-state index in [0.717, 1.165) is 44.5 Å². The summed E-state index contributed by atoms with van der Waals surface area (Å²) in [4.78, 5) is 30.5. The van der Waals surface area contributed by atoms with Crippen molar-refractivity contribution in [2.75, 3.05) is 28.4 Å². The summed E-state index contributed by atoms with van der Waals surface area (Å²) in [5.74, 6) is 0.752. The first-order chi connectivity index (χ1) is 21.5. The minimum Gasteiger partial charge on any atom is -0.496 e. The molecule has 0 aliphatic heterocycles. The van der Waals surface area contributed by atoms with Crippen molar-refractivity contribution in [1.82, 2.24) is 0 Å². The Kier molecular flexibility index (Phi) is 5.04. The lowest BCUT2D eigenvalue weighted by molar-refractivity contribution is -0.117. The highest BCUT2D eigenvalue weighted by atomic mass is 16.5. The molecule has 216 valence electrons. The van der Waals surface area contributed by atoms with Gasteiger partial charge in [0.25, 0.3) is 0 Å². The highest BCUT2D eigenvalue weighted by Crippen LogP contribution is 2.67. The van der Waals surface area contributed by atoms with Gasteiger partial charge in [-0.25, -0.2) is 0 Å². The lowest BCUT2D eigenvalue weighted by Crippen LogP contribution is -2.44. The fourth-order valence-corrected chi connectivity index (χ4v) is 8.92. The van der Waals surface area contributed by atoms with Crippen molar-refractivity contribution in [3.8, 4) is 23.0 Å². The summed E-state index contributed by atoms with van der Waals surface area (Å²) in [6, 6.07) is 23.9. The molecule has 0 N–H and O–H groups in total. The Balaban J connectivity index is 1.36. The molecule has 4 aromatic carbocycles. The van der Waals surface area contributed by atoms with E-state index < -0.39 is 23.7 Å². The third-order valence-electron chi connectivity index (χ3n) is 10.4. The first-order valence-electron chi connectivity index (χ1n) is 14.8. The number of Topliss-reactive ketones (excluding diaryl/α,β-unsaturated/α-hetero) is 2. The van der Waals surface area contributed by atoms with Crippen LogP contribution in [0.4, 0.5) is 0 Å². The van der Waals surface area contributed by atoms with Crippen LogP contribution < -0.4 is 18.9 Å². The van der Waals surface area contributed by atoms with E-state index in [-0.39, 0.29) is 11.6 Å². The third kappa shape index (κ3) is 2.78. The highest BCUT2D eigenvalue weighted by molar-refractivity contribution is 6.30. The summed E-state index contributed by atoms with van der Waals surface area (Å²) >= 11 is 0. The molecular weight excluding hydrogens is 552 g/mol. The molecule has 7 aliphatic rings. The summed E-state index contributed by atoms with van der Waals surface area (Å²) in [5, 5.41) is 0. The zero-order valence-corrected chi connectivity index (χ0v) is 24.7. The van der Waals surface area contributed by atoms with Crippen LogP contribution in [-0.4, -0.2) is 40.0 Å². The van der Waals surface area contributed by atoms with Crippen LogP contribution in [0.25, 0.3) is 0 Å². The summed E-state index contributed by atoms with van der Waals surface area (Å²) in [6.45, 7) is 0. The van der Waals surface area contributed by atoms with E-state index in [4.69, 9.17) is 18.9 Å². The summed E-state index contributed by atoms with van der Waals surface area (Å²) < 4.78 is 23.6. The lowest BCUT2D eigenvalue weighted by atomic mass is 9.51. The number of hydrogen-bond donors (Lipinski definition) is 0. The van der Waals surface area contributed by atoms with Gasteiger partial charge in [-0.2, -0.15) is 0 Å². The molecule has 0 fully saturated rings. The Morgan fingerprint density at radius 1 is 0.386 bits per heavy atom. The Morgan fingerprint density at radius 3 is 0.818 bits per heavy atom. The highest BCUT2D eigenvalue weighted by Gasteiger charge is 2.58. The van der Waals surface area contributed by atoms with Gasteiger partial charge < -0.3 is 18.9 Å². The predicted molar refractivity (Wildman–Crippen MR) is 163 cm³/mol. The Morgan fingerprint density at radius 2 is 0.614 bits per heavy atom. The predicted octanol–water partition coefficient (Wildman–Crippen LogP) is 6.35. The number of hydrogen-bond acceptors (Lipinski definition) is 6. The van der Waals surface area contributed by atoms with Crippen LogP contribution in [0.2, 0.25) is 0 Å². The number of carbonyl (C=O) groups is 2. The second-order valence-corrected chi connectivity index (χ2v) is 11.9. The molecule has 6 nitrogen and oxygen atoms in total. The average Bonchev–Trinajstić information content (AvgIpc) is 3.08. The van der Waals surface area contributed by atoms with Crippen molar-refractivity contribution in [1.29, 1.82) is 0 Å². The molecule has 0 radical (unpaired) electrons. The minimum atomic E-state index is -0.459. The normalized spacial score (nSPS) is 22.9. The van der Waals surface area contributed by atoms with Crippen LogP contribution in [0.1, 0.15) is 68.2 Å². The van der Waals surface area contributed by atoms with Gasteiger partial charge in [0, 0.05) is 68.2 Å². The number of ether oxygens (including phenoxy) is 4. The number of allylic oxidation sites excluding steroid dienone is 4. The number of carbonyl (C=O) groups excluding carboxylic acids is 2. The molecule has 0 spiro atoms. The van der Waals surface area contributed by atoms with Gasteiger partial charge in [-0.15, -0.1) is 0 Å². The maximum Gasteiger partial charge on any atom is 0.187 e. The molecule has 4 aromatic rings. The van der Waals surface area contributed by atoms with Gasteiger partial charge in [0.1, 0.15) is 23.0 Å². The first kappa shape index (κ1) is 25.4. The van der Waals surface area contributed by atoms with E-state index in [0.29, 0.717) is 45.3 Å². The maximum absolute atomic E-state index is 15.3. The second-order valence-electron chi connectivity index (χ2n) is 11.9. The second kappa shape index (κ2) is 8.73. The topological polar surface area (TPSA) is 71.1 Å². The zero-order chi connectivity index (χ0) is 30.0. The van der Waals surface area contributed by atoms with Gasteiger partial charge in [0.15, 0.2) is 11.6 Å². The molecule has 44 heavy (non-hydrogen) atoms. The Hall–Kier alpha value is -5.10. The third-order valence-corrected chi connectivity index (χ3v) is 10.4. The largest absolute Gasteiger partial charge is 0.496 e. The molecule has 4 bridgehead atoms. The smallest absolute Gasteiger partial charge is 0.187 e. The fourth-order valence-electron chi connectivity index (χ4n) is 8.92. The van der Waals surface area contributed by atoms with Crippen LogP contribution in [0.3, 0.4) is 0 Å². The number of methoxy groups -OCH3 is 4. The first-order valence-corrected chi connectivity index (χ1v) is 14.8. The van der Waals surface area contributed by atoms with Gasteiger partial charge in [-0.1, -0.05) is 48.5 Å². The maximum atomic E-state index is 15.3. The summed E-state index contributed by atoms with van der Waals surface area (Å²) in [5.41, 5.74) is 9.97. The summed E-state index contributed by atoms with van der Waals surface area (Å²) in [7, 11) is 6.59. The molecule has 0 heterocycles. The van der Waals surface area contributed by atoms with Crippen molar-refractivity contribution >= 4 is 11.6 Å². The summed E-state index contributed by atoms with van der Waals surface area (Å²) in [6.07, 6.45) is 0. The van der Waals surface area contributed by atoms with Crippen LogP contribution in [0.5, 0.6) is 23.0 Å². The fraction of sp³-hybridized carbons (Fsp3) is 0.211. The minimum absolute atomic E-state index is 0.0744. The van der Waals surface area contributed by atoms with Gasteiger partial charge in [-0.05, 0) is 46.5 Å². The standard InChI is InChI=1S/C38H28O6/c1-41-21-13-14-22(42-2)30-26-18-10-6-5-9-17(18)25(29(21)30)33-34(26)38(40)36-28-20-12-8-7-11-19(20)27(35(36)37(33)39)31-23(43-3)15-16-24(44-4)32(28)31/h5-16,25-28H,1-4H3/t25-,26+,27+,28-. The zero-order valence-electron chi connectivity index (χ0n) is 24.7. The van der Waals surface area contributed by atoms with Crippen LogP contribution in [0.15, 0.2) is 95.1 Å². The molecular formula is C38H28O6. The monoisotopic (exact) mass is 580 g/mol. The van der Waals surface area contributed by atoms with Gasteiger partial charge in [0.2, 0.25) is 0 Å². The number of ketones is 2. The molecule has 4 atom stereocenters. The van der Waals surface area contributed by atoms with Crippen molar-refractivity contribution in [2.24, 2.45) is 0 Å². The Bertz CT molecular complexity index is 1790. The molecule has 0 saturated carbocycles. The lowest BCUT2D eigenvalue weighted by Gasteiger charge is -2.50. The van der Waals surface area contributed by atoms with E-state index in [1.54, 1.807) is 28.4 Å². The number of rotatable bonds is 4. The van der Waals surface area contributed by atoms with Crippen molar-refractivity contribution in [2.45, 2.75) is 23.7 Å². The molecule has 7 aliphatic carbocycles. The van der Waals surface area contributed by atoms with E-state index >= 15 is 9.59 Å². The van der Waals surface area contributed by atoms with Crippen LogP contribution >= 0.6 is 0 Å². The molecule has 0 saturated heterocycles. The van der Waals surface area contributed by atoms with E-state index in [1.165, 1.54) is 0 Å². The SMILES string of the molecule is COc1ccc(OC)c2c1[C@@H]1C3=C(C(=O)C4=C(C3=O)[C@H]3c5ccccc5[C@@H]4c4c(OC)ccc(OC)c43)[C@H]2c2ccccc21. The Labute approximate surface area is 254 Å². The molecule has 6 heteroatoms. The van der Waals surface area contributed by atoms with Crippen molar-refractivity contribution in [3.05, 3.63) is 140 Å². The molecule has 0 aromatic heterocycles. The van der Waals surface area contributed by atoms with E-state index in [9.17, 15) is 0 Å². The van der Waals surface area contributed by atoms with Gasteiger partial charge >= 0.3 is 0 Å². The van der Waals surface area contributed by atoms with Crippen LogP contribution in [0, 0.1) is 0 Å². The number of benzene rings is 4. The van der Waals surface area contributed by atoms with Crippen LogP contribution in [-0.2, 0) is 9.59 Å². The molecule has 11 rings (SSSR count). The van der Waals surface area contributed by atoms with E-state index in [1.807, 2.05) is 48.5 Å². The van der Waals surface area contributed by atoms with Crippen molar-refractivity contribution < 1.29 is 28.5 Å². The van der Waals surface area contributed by atoms with Gasteiger partial charge in [-0.3, -0.25) is 9.59 Å². The molecule has 0 amide bonds. The quantitative estimate of drug-likeness (QED) is 0.262. The van der Waals surface area contributed by atoms with E-state index in [2.05, 4.69) is 24.3 Å². The average molecular weight is 581 g/mol.